The minimum Gasteiger partial charge on any atom is -0.381 e. The van der Waals surface area contributed by atoms with Crippen molar-refractivity contribution in [2.75, 3.05) is 19.9 Å². The summed E-state index contributed by atoms with van der Waals surface area (Å²) in [5.41, 5.74) is -1.34. The molecule has 3 N–H and O–H groups in total. The van der Waals surface area contributed by atoms with Gasteiger partial charge in [0.25, 0.3) is 0 Å². The van der Waals surface area contributed by atoms with Crippen LogP contribution in [0, 0.1) is 0 Å². The highest BCUT2D eigenvalue weighted by Gasteiger charge is 2.34. The summed E-state index contributed by atoms with van der Waals surface area (Å²) in [4.78, 5) is 27.8. The second-order valence-corrected chi connectivity index (χ2v) is 10.7. The Morgan fingerprint density at radius 1 is 0.690 bits per heavy atom. The van der Waals surface area contributed by atoms with E-state index in [0.717, 1.165) is 32.1 Å². The molecular weight excluding hydrogens is 418 g/mol. The van der Waals surface area contributed by atoms with Gasteiger partial charge in [0.05, 0.1) is 11.2 Å². The maximum absolute atomic E-state index is 11.6. The molecule has 10 heteroatoms. The molecule has 0 fully saturated rings. The number of phosphoric ester groups is 1. The Morgan fingerprint density at radius 3 is 1.38 bits per heavy atom. The zero-order chi connectivity index (χ0) is 22.6. The van der Waals surface area contributed by atoms with Crippen LogP contribution in [-0.4, -0.2) is 45.8 Å². The van der Waals surface area contributed by atoms with E-state index in [9.17, 15) is 14.0 Å². The average molecular weight is 460 g/mol. The highest BCUT2D eigenvalue weighted by molar-refractivity contribution is 7.51. The fourth-order valence-corrected chi connectivity index (χ4v) is 5.49. The summed E-state index contributed by atoms with van der Waals surface area (Å²) in [6.07, 6.45) is 7.05. The van der Waals surface area contributed by atoms with Gasteiger partial charge in [0.1, 0.15) is 0 Å². The first-order valence-electron chi connectivity index (χ1n) is 10.7. The zero-order valence-corrected chi connectivity index (χ0v) is 20.6. The summed E-state index contributed by atoms with van der Waals surface area (Å²) >= 11 is 0. The van der Waals surface area contributed by atoms with E-state index in [2.05, 4.69) is 0 Å². The van der Waals surface area contributed by atoms with Crippen LogP contribution < -0.4 is 0 Å². The van der Waals surface area contributed by atoms with Crippen molar-refractivity contribution in [3.63, 3.8) is 0 Å². The molecule has 0 saturated heterocycles. The van der Waals surface area contributed by atoms with Crippen LogP contribution in [-0.2, 0) is 22.9 Å². The molecular formula is C19H42O8P2. The molecule has 0 rings (SSSR count). The molecule has 8 nitrogen and oxygen atoms in total. The molecule has 0 bridgehead atoms. The monoisotopic (exact) mass is 460 g/mol. The normalized spacial score (nSPS) is 15.4. The predicted molar refractivity (Wildman–Crippen MR) is 115 cm³/mol. The zero-order valence-electron chi connectivity index (χ0n) is 18.8. The van der Waals surface area contributed by atoms with Gasteiger partial charge in [-0.15, -0.1) is 0 Å². The molecule has 0 aliphatic carbocycles. The van der Waals surface area contributed by atoms with Gasteiger partial charge in [-0.2, -0.15) is 0 Å². The molecule has 29 heavy (non-hydrogen) atoms. The van der Waals surface area contributed by atoms with E-state index in [1.54, 1.807) is 0 Å². The first kappa shape index (κ1) is 29.2. The Kier molecular flexibility index (Phi) is 13.7. The van der Waals surface area contributed by atoms with Crippen LogP contribution in [0.2, 0.25) is 0 Å². The molecule has 0 aromatic heterocycles. The van der Waals surface area contributed by atoms with Crippen molar-refractivity contribution in [3.05, 3.63) is 0 Å². The van der Waals surface area contributed by atoms with Crippen LogP contribution in [0.1, 0.15) is 91.9 Å². The lowest BCUT2D eigenvalue weighted by Gasteiger charge is -2.32. The van der Waals surface area contributed by atoms with E-state index >= 15 is 0 Å². The summed E-state index contributed by atoms with van der Waals surface area (Å²) in [6.45, 7) is 10.1. The topological polar surface area (TPSA) is 123 Å². The second-order valence-electron chi connectivity index (χ2n) is 7.78. The van der Waals surface area contributed by atoms with E-state index in [1.165, 1.54) is 6.66 Å². The standard InChI is InChI=1S/C19H42O8P2/c1-6-18(7-2,26-28(5,20)21)14-10-12-16-25-17-13-11-15-19(8-3,9-4)27-29(22,23)24/h6-17H2,1-5H3,(H,20,21)(H2,22,23,24). The Bertz CT molecular complexity index is 474. The predicted octanol–water partition coefficient (Wildman–Crippen LogP) is 5.40. The second kappa shape index (κ2) is 13.6. The molecule has 0 aliphatic rings. The minimum atomic E-state index is -4.50. The maximum atomic E-state index is 11.6. The van der Waals surface area contributed by atoms with E-state index < -0.39 is 26.6 Å². The molecule has 1 atom stereocenters. The van der Waals surface area contributed by atoms with Gasteiger partial charge in [-0.25, -0.2) is 4.57 Å². The van der Waals surface area contributed by atoms with Crippen molar-refractivity contribution in [2.45, 2.75) is 103 Å². The molecule has 0 aliphatic heterocycles. The lowest BCUT2D eigenvalue weighted by Crippen LogP contribution is -2.30. The van der Waals surface area contributed by atoms with Gasteiger partial charge < -0.3 is 23.9 Å². The SMILES string of the molecule is CCC(CC)(CCCCOCCCCC(CC)(CC)OP(=O)(O)O)OP(C)(=O)O. The van der Waals surface area contributed by atoms with Crippen LogP contribution >= 0.6 is 15.4 Å². The van der Waals surface area contributed by atoms with Gasteiger partial charge in [-0.05, 0) is 64.2 Å². The van der Waals surface area contributed by atoms with E-state index in [-0.39, 0.29) is 0 Å². The van der Waals surface area contributed by atoms with Crippen LogP contribution in [0.5, 0.6) is 0 Å². The van der Waals surface area contributed by atoms with Crippen molar-refractivity contribution in [3.8, 4) is 0 Å². The average Bonchev–Trinajstić information content (AvgIpc) is 2.62. The summed E-state index contributed by atoms with van der Waals surface area (Å²) in [5, 5.41) is 0. The highest BCUT2D eigenvalue weighted by Crippen LogP contribution is 2.47. The Hall–Kier alpha value is 0.220. The summed E-state index contributed by atoms with van der Waals surface area (Å²) in [5.74, 6) is 0. The quantitative estimate of drug-likeness (QED) is 0.183. The van der Waals surface area contributed by atoms with Gasteiger partial charge in [0, 0.05) is 19.9 Å². The third-order valence-corrected chi connectivity index (χ3v) is 6.95. The number of hydrogen-bond donors (Lipinski definition) is 3. The van der Waals surface area contributed by atoms with Crippen LogP contribution in [0.4, 0.5) is 0 Å². The fourth-order valence-electron chi connectivity index (χ4n) is 3.57. The first-order chi connectivity index (χ1) is 13.4. The number of phosphoric acid groups is 1. The van der Waals surface area contributed by atoms with E-state index in [0.29, 0.717) is 45.3 Å². The molecule has 0 amide bonds. The number of rotatable bonds is 18. The van der Waals surface area contributed by atoms with Gasteiger partial charge in [-0.3, -0.25) is 9.09 Å². The van der Waals surface area contributed by atoms with Crippen molar-refractivity contribution in [2.24, 2.45) is 0 Å². The lowest BCUT2D eigenvalue weighted by atomic mass is 9.91. The minimum absolute atomic E-state index is 0.548. The summed E-state index contributed by atoms with van der Waals surface area (Å²) < 4.78 is 39.0. The Labute approximate surface area is 176 Å². The lowest BCUT2D eigenvalue weighted by molar-refractivity contribution is 0.0152. The molecule has 0 saturated carbocycles. The van der Waals surface area contributed by atoms with Gasteiger partial charge in [0.15, 0.2) is 0 Å². The molecule has 0 aromatic rings. The van der Waals surface area contributed by atoms with Crippen molar-refractivity contribution in [1.29, 1.82) is 0 Å². The molecule has 0 radical (unpaired) electrons. The molecule has 0 heterocycles. The third kappa shape index (κ3) is 13.3. The van der Waals surface area contributed by atoms with Crippen molar-refractivity contribution >= 4 is 15.4 Å². The Balaban J connectivity index is 4.10. The van der Waals surface area contributed by atoms with Gasteiger partial charge in [0.2, 0.25) is 0 Å². The molecule has 0 spiro atoms. The van der Waals surface area contributed by atoms with E-state index in [4.69, 9.17) is 23.6 Å². The fraction of sp³-hybridized carbons (Fsp3) is 1.00. The van der Waals surface area contributed by atoms with Gasteiger partial charge in [-0.1, -0.05) is 27.7 Å². The van der Waals surface area contributed by atoms with Crippen LogP contribution in [0.15, 0.2) is 0 Å². The molecule has 1 unspecified atom stereocenters. The van der Waals surface area contributed by atoms with Crippen molar-refractivity contribution < 1.29 is 37.6 Å². The smallest absolute Gasteiger partial charge is 0.381 e. The third-order valence-electron chi connectivity index (χ3n) is 5.60. The van der Waals surface area contributed by atoms with E-state index in [1.807, 2.05) is 27.7 Å². The summed E-state index contributed by atoms with van der Waals surface area (Å²) in [6, 6.07) is 0. The number of unbranched alkanes of at least 4 members (excludes halogenated alkanes) is 2. The molecule has 176 valence electrons. The van der Waals surface area contributed by atoms with Crippen LogP contribution in [0.25, 0.3) is 0 Å². The van der Waals surface area contributed by atoms with Crippen molar-refractivity contribution in [1.82, 2.24) is 0 Å². The maximum Gasteiger partial charge on any atom is 0.470 e. The number of ether oxygens (including phenoxy) is 1. The Morgan fingerprint density at radius 2 is 1.07 bits per heavy atom. The van der Waals surface area contributed by atoms with Gasteiger partial charge >= 0.3 is 15.4 Å². The number of hydrogen-bond acceptors (Lipinski definition) is 5. The molecule has 0 aromatic carbocycles. The first-order valence-corrected chi connectivity index (χ1v) is 14.3. The summed E-state index contributed by atoms with van der Waals surface area (Å²) in [7, 11) is -8.02. The van der Waals surface area contributed by atoms with Crippen LogP contribution in [0.3, 0.4) is 0 Å². The largest absolute Gasteiger partial charge is 0.470 e. The highest BCUT2D eigenvalue weighted by atomic mass is 31.2.